The Kier molecular flexibility index (Phi) is 5.38. The lowest BCUT2D eigenvalue weighted by Gasteiger charge is -2.44. The van der Waals surface area contributed by atoms with Crippen LogP contribution in [0.4, 0.5) is 0 Å². The molecule has 28 heavy (non-hydrogen) atoms. The smallest absolute Gasteiger partial charge is 0.236 e. The van der Waals surface area contributed by atoms with Gasteiger partial charge in [0, 0.05) is 25.0 Å². The molecule has 1 aromatic heterocycles. The van der Waals surface area contributed by atoms with E-state index in [1.165, 1.54) is 48.2 Å². The van der Waals surface area contributed by atoms with Gasteiger partial charge in [-0.3, -0.25) is 9.69 Å². The molecule has 150 valence electrons. The number of thiazole rings is 1. The quantitative estimate of drug-likeness (QED) is 0.756. The number of benzene rings is 1. The number of fused-ring (bicyclic) bond motifs is 2. The summed E-state index contributed by atoms with van der Waals surface area (Å²) in [5, 5.41) is 1.26. The van der Waals surface area contributed by atoms with Crippen LogP contribution in [0, 0.1) is 5.92 Å². The zero-order valence-corrected chi connectivity index (χ0v) is 17.5. The van der Waals surface area contributed by atoms with Gasteiger partial charge in [-0.25, -0.2) is 4.98 Å². The Labute approximate surface area is 171 Å². The van der Waals surface area contributed by atoms with Crippen molar-refractivity contribution >= 4 is 27.5 Å². The van der Waals surface area contributed by atoms with Crippen LogP contribution in [0.3, 0.4) is 0 Å². The van der Waals surface area contributed by atoms with Crippen LogP contribution in [0.25, 0.3) is 10.2 Å². The fourth-order valence-electron chi connectivity index (χ4n) is 5.64. The molecular weight excluding hydrogens is 366 g/mol. The van der Waals surface area contributed by atoms with Gasteiger partial charge in [0.2, 0.25) is 5.91 Å². The maximum Gasteiger partial charge on any atom is 0.236 e. The van der Waals surface area contributed by atoms with Gasteiger partial charge in [0.1, 0.15) is 0 Å². The lowest BCUT2D eigenvalue weighted by molar-refractivity contribution is -0.135. The first-order chi connectivity index (χ1) is 13.8. The fourth-order valence-corrected chi connectivity index (χ4v) is 6.77. The summed E-state index contributed by atoms with van der Waals surface area (Å²) >= 11 is 1.83. The van der Waals surface area contributed by atoms with Crippen LogP contribution >= 0.6 is 11.3 Å². The summed E-state index contributed by atoms with van der Waals surface area (Å²) in [6.07, 6.45) is 10.2. The van der Waals surface area contributed by atoms with Crippen LogP contribution in [0.15, 0.2) is 24.3 Å². The van der Waals surface area contributed by atoms with Gasteiger partial charge in [-0.2, -0.15) is 0 Å². The van der Waals surface area contributed by atoms with Crippen LogP contribution in [-0.2, 0) is 4.79 Å². The van der Waals surface area contributed by atoms with E-state index < -0.39 is 0 Å². The number of likely N-dealkylation sites (tertiary alicyclic amines) is 2. The standard InChI is InChI=1S/C23H31N3OS/c27-22(16-26-13-5-7-17-6-1-3-9-20(17)26)25-14-11-18(12-15-25)23-24-19-8-2-4-10-21(19)28-23/h2,4,8,10,17-18,20H,1,3,5-7,9,11-16H2/t17-,20-/m0/s1. The first kappa shape index (κ1) is 18.6. The molecule has 5 rings (SSSR count). The van der Waals surface area contributed by atoms with Gasteiger partial charge < -0.3 is 4.90 Å². The van der Waals surface area contributed by atoms with E-state index in [4.69, 9.17) is 4.98 Å². The molecule has 3 heterocycles. The number of amides is 1. The molecule has 0 bridgehead atoms. The number of piperidine rings is 2. The Bertz CT molecular complexity index is 791. The van der Waals surface area contributed by atoms with Gasteiger partial charge in [-0.1, -0.05) is 25.0 Å². The van der Waals surface area contributed by atoms with Gasteiger partial charge in [-0.05, 0) is 63.1 Å². The first-order valence-electron chi connectivity index (χ1n) is 11.2. The fraction of sp³-hybridized carbons (Fsp3) is 0.652. The zero-order chi connectivity index (χ0) is 18.9. The number of nitrogens with zero attached hydrogens (tertiary/aromatic N) is 3. The molecule has 1 aliphatic carbocycles. The summed E-state index contributed by atoms with van der Waals surface area (Å²) in [7, 11) is 0. The molecule has 2 saturated heterocycles. The van der Waals surface area contributed by atoms with Crippen LogP contribution in [-0.4, -0.2) is 52.9 Å². The summed E-state index contributed by atoms with van der Waals surface area (Å²) in [6.45, 7) is 3.55. The molecule has 2 aromatic rings. The van der Waals surface area contributed by atoms with Gasteiger partial charge in [0.05, 0.1) is 21.8 Å². The summed E-state index contributed by atoms with van der Waals surface area (Å²) in [5.41, 5.74) is 1.12. The second-order valence-electron chi connectivity index (χ2n) is 8.90. The van der Waals surface area contributed by atoms with Crippen LogP contribution in [0.5, 0.6) is 0 Å². The van der Waals surface area contributed by atoms with Crippen molar-refractivity contribution in [2.45, 2.75) is 63.3 Å². The van der Waals surface area contributed by atoms with Gasteiger partial charge in [0.25, 0.3) is 0 Å². The second-order valence-corrected chi connectivity index (χ2v) is 9.96. The van der Waals surface area contributed by atoms with Crippen molar-refractivity contribution in [1.29, 1.82) is 0 Å². The van der Waals surface area contributed by atoms with Gasteiger partial charge >= 0.3 is 0 Å². The molecular formula is C23H31N3OS. The van der Waals surface area contributed by atoms with Gasteiger partial charge in [0.15, 0.2) is 0 Å². The van der Waals surface area contributed by atoms with Crippen LogP contribution < -0.4 is 0 Å². The number of aromatic nitrogens is 1. The zero-order valence-electron chi connectivity index (χ0n) is 16.7. The average molecular weight is 398 g/mol. The summed E-state index contributed by atoms with van der Waals surface area (Å²) in [5.74, 6) is 1.72. The number of para-hydroxylation sites is 1. The molecule has 0 unspecified atom stereocenters. The predicted molar refractivity (Wildman–Crippen MR) is 115 cm³/mol. The molecule has 1 amide bonds. The van der Waals surface area contributed by atoms with E-state index in [9.17, 15) is 4.79 Å². The van der Waals surface area contributed by atoms with Crippen molar-refractivity contribution in [2.24, 2.45) is 5.92 Å². The lowest BCUT2D eigenvalue weighted by atomic mass is 9.78. The predicted octanol–water partition coefficient (Wildman–Crippen LogP) is 4.66. The van der Waals surface area contributed by atoms with Gasteiger partial charge in [-0.15, -0.1) is 11.3 Å². The van der Waals surface area contributed by atoms with Crippen molar-refractivity contribution in [1.82, 2.24) is 14.8 Å². The van der Waals surface area contributed by atoms with Crippen molar-refractivity contribution in [3.63, 3.8) is 0 Å². The van der Waals surface area contributed by atoms with E-state index in [0.29, 0.717) is 24.4 Å². The molecule has 0 spiro atoms. The monoisotopic (exact) mass is 397 g/mol. The van der Waals surface area contributed by atoms with Crippen molar-refractivity contribution in [3.05, 3.63) is 29.3 Å². The molecule has 0 N–H and O–H groups in total. The molecule has 5 heteroatoms. The maximum atomic E-state index is 13.0. The topological polar surface area (TPSA) is 36.4 Å². The molecule has 2 aliphatic heterocycles. The average Bonchev–Trinajstić information content (AvgIpc) is 3.18. The Morgan fingerprint density at radius 1 is 1.00 bits per heavy atom. The molecule has 3 aliphatic rings. The summed E-state index contributed by atoms with van der Waals surface area (Å²) < 4.78 is 1.28. The minimum absolute atomic E-state index is 0.356. The SMILES string of the molecule is O=C(CN1CCC[C@@H]2CCCC[C@@H]21)N1CCC(c2nc3ccccc3s2)CC1. The molecule has 3 fully saturated rings. The minimum Gasteiger partial charge on any atom is -0.342 e. The maximum absolute atomic E-state index is 13.0. The van der Waals surface area contributed by atoms with Crippen molar-refractivity contribution in [3.8, 4) is 0 Å². The van der Waals surface area contributed by atoms with E-state index in [0.717, 1.165) is 43.9 Å². The number of hydrogen-bond acceptors (Lipinski definition) is 4. The van der Waals surface area contributed by atoms with Crippen molar-refractivity contribution < 1.29 is 4.79 Å². The summed E-state index contributed by atoms with van der Waals surface area (Å²) in [4.78, 5) is 22.5. The van der Waals surface area contributed by atoms with E-state index in [-0.39, 0.29) is 0 Å². The largest absolute Gasteiger partial charge is 0.342 e. The summed E-state index contributed by atoms with van der Waals surface area (Å²) in [6, 6.07) is 9.08. The Balaban J connectivity index is 1.17. The first-order valence-corrected chi connectivity index (χ1v) is 12.0. The van der Waals surface area contributed by atoms with Crippen LogP contribution in [0.1, 0.15) is 62.3 Å². The number of carbonyl (C=O) groups is 1. The molecule has 0 radical (unpaired) electrons. The Morgan fingerprint density at radius 3 is 2.64 bits per heavy atom. The highest BCUT2D eigenvalue weighted by molar-refractivity contribution is 7.18. The number of rotatable bonds is 3. The Morgan fingerprint density at radius 2 is 1.79 bits per heavy atom. The van der Waals surface area contributed by atoms with Crippen LogP contribution in [0.2, 0.25) is 0 Å². The van der Waals surface area contributed by atoms with E-state index >= 15 is 0 Å². The highest BCUT2D eigenvalue weighted by atomic mass is 32.1. The van der Waals surface area contributed by atoms with E-state index in [1.807, 2.05) is 11.3 Å². The molecule has 2 atom stereocenters. The van der Waals surface area contributed by atoms with E-state index in [2.05, 4.69) is 34.1 Å². The minimum atomic E-state index is 0.356. The third-order valence-electron chi connectivity index (χ3n) is 7.20. The number of hydrogen-bond donors (Lipinski definition) is 0. The lowest BCUT2D eigenvalue weighted by Crippen LogP contribution is -2.51. The highest BCUT2D eigenvalue weighted by Crippen LogP contribution is 2.36. The highest BCUT2D eigenvalue weighted by Gasteiger charge is 2.35. The third-order valence-corrected chi connectivity index (χ3v) is 8.40. The molecule has 1 saturated carbocycles. The third kappa shape index (κ3) is 3.71. The van der Waals surface area contributed by atoms with E-state index in [1.54, 1.807) is 0 Å². The molecule has 1 aromatic carbocycles. The Hall–Kier alpha value is -1.46. The second kappa shape index (κ2) is 8.11. The van der Waals surface area contributed by atoms with Crippen molar-refractivity contribution in [2.75, 3.05) is 26.2 Å². The molecule has 4 nitrogen and oxygen atoms in total. The number of carbonyl (C=O) groups excluding carboxylic acids is 1. The normalized spacial score (nSPS) is 27.1.